The predicted molar refractivity (Wildman–Crippen MR) is 83.0 cm³/mol. The normalized spacial score (nSPS) is 22.8. The molecule has 6 heteroatoms. The summed E-state index contributed by atoms with van der Waals surface area (Å²) in [5, 5.41) is 0. The summed E-state index contributed by atoms with van der Waals surface area (Å²) >= 11 is 3.16. The van der Waals surface area contributed by atoms with E-state index >= 15 is 0 Å². The second-order valence-corrected chi connectivity index (χ2v) is 8.95. The number of sulfonamides is 1. The minimum absolute atomic E-state index is 0.159. The van der Waals surface area contributed by atoms with Gasteiger partial charge in [0, 0.05) is 17.6 Å². The first kappa shape index (κ1) is 15.4. The molecule has 116 valence electrons. The van der Waals surface area contributed by atoms with Gasteiger partial charge in [-0.05, 0) is 65.2 Å². The Bertz CT molecular complexity index is 631. The van der Waals surface area contributed by atoms with E-state index in [2.05, 4.69) is 15.9 Å². The highest BCUT2D eigenvalue weighted by Gasteiger charge is 2.40. The van der Waals surface area contributed by atoms with Crippen molar-refractivity contribution in [2.75, 3.05) is 13.1 Å². The number of hydrogen-bond acceptors (Lipinski definition) is 2. The van der Waals surface area contributed by atoms with Gasteiger partial charge in [0.05, 0.1) is 4.90 Å². The first-order valence-electron chi connectivity index (χ1n) is 7.38. The summed E-state index contributed by atoms with van der Waals surface area (Å²) in [6, 6.07) is 3.74. The van der Waals surface area contributed by atoms with Crippen molar-refractivity contribution in [3.8, 4) is 0 Å². The van der Waals surface area contributed by atoms with E-state index in [0.29, 0.717) is 23.0 Å². The molecule has 0 radical (unpaired) electrons. The average molecular weight is 376 g/mol. The second kappa shape index (κ2) is 5.63. The number of rotatable bonds is 2. The number of halogens is 2. The van der Waals surface area contributed by atoms with Gasteiger partial charge in [-0.25, -0.2) is 12.8 Å². The van der Waals surface area contributed by atoms with Crippen LogP contribution in [0.1, 0.15) is 38.5 Å². The molecule has 0 atom stereocenters. The Morgan fingerprint density at radius 2 is 1.71 bits per heavy atom. The third kappa shape index (κ3) is 2.90. The van der Waals surface area contributed by atoms with E-state index in [1.165, 1.54) is 43.9 Å². The largest absolute Gasteiger partial charge is 0.244 e. The highest BCUT2D eigenvalue weighted by atomic mass is 79.9. The van der Waals surface area contributed by atoms with E-state index < -0.39 is 15.8 Å². The van der Waals surface area contributed by atoms with Crippen LogP contribution in [-0.2, 0) is 10.0 Å². The molecule has 2 fully saturated rings. The Balaban J connectivity index is 1.80. The van der Waals surface area contributed by atoms with Crippen molar-refractivity contribution < 1.29 is 12.8 Å². The Morgan fingerprint density at radius 1 is 1.10 bits per heavy atom. The fraction of sp³-hybridized carbons (Fsp3) is 0.600. The molecule has 1 spiro atoms. The summed E-state index contributed by atoms with van der Waals surface area (Å²) in [7, 11) is -3.54. The second-order valence-electron chi connectivity index (χ2n) is 6.19. The number of benzene rings is 1. The molecule has 0 aromatic heterocycles. The Hall–Kier alpha value is -0.460. The molecule has 3 nitrogen and oxygen atoms in total. The smallest absolute Gasteiger partial charge is 0.207 e. The van der Waals surface area contributed by atoms with E-state index in [1.54, 1.807) is 4.31 Å². The first-order valence-corrected chi connectivity index (χ1v) is 9.62. The third-order valence-corrected chi connectivity index (χ3v) is 7.83. The Labute approximate surface area is 133 Å². The molecule has 1 saturated carbocycles. The van der Waals surface area contributed by atoms with Gasteiger partial charge in [-0.2, -0.15) is 4.31 Å². The first-order chi connectivity index (χ1) is 9.93. The molecular formula is C15H19BrFNO2S. The van der Waals surface area contributed by atoms with E-state index in [-0.39, 0.29) is 4.90 Å². The van der Waals surface area contributed by atoms with E-state index in [9.17, 15) is 12.8 Å². The van der Waals surface area contributed by atoms with Crippen LogP contribution in [0.3, 0.4) is 0 Å². The lowest BCUT2D eigenvalue weighted by molar-refractivity contribution is 0.160. The van der Waals surface area contributed by atoms with Gasteiger partial charge in [0.1, 0.15) is 5.82 Å². The summed E-state index contributed by atoms with van der Waals surface area (Å²) < 4.78 is 40.4. The van der Waals surface area contributed by atoms with Gasteiger partial charge in [-0.15, -0.1) is 0 Å². The van der Waals surface area contributed by atoms with Crippen molar-refractivity contribution in [3.05, 3.63) is 28.5 Å². The molecule has 1 saturated heterocycles. The molecule has 1 aliphatic heterocycles. The molecule has 1 aromatic rings. The van der Waals surface area contributed by atoms with Gasteiger partial charge in [0.25, 0.3) is 0 Å². The lowest BCUT2D eigenvalue weighted by Crippen LogP contribution is -2.42. The van der Waals surface area contributed by atoms with Crippen LogP contribution in [0.15, 0.2) is 27.6 Å². The number of hydrogen-bond donors (Lipinski definition) is 0. The third-order valence-electron chi connectivity index (χ3n) is 4.96. The van der Waals surface area contributed by atoms with Gasteiger partial charge in [-0.3, -0.25) is 0 Å². The van der Waals surface area contributed by atoms with Crippen LogP contribution in [0.5, 0.6) is 0 Å². The van der Waals surface area contributed by atoms with Crippen molar-refractivity contribution in [1.82, 2.24) is 4.31 Å². The molecule has 1 heterocycles. The standard InChI is InChI=1S/C15H19BrFNO2S/c16-13-11-12(17)3-4-14(13)21(19,20)18-9-7-15(8-10-18)5-1-2-6-15/h3-4,11H,1-2,5-10H2. The lowest BCUT2D eigenvalue weighted by Gasteiger charge is -2.38. The van der Waals surface area contributed by atoms with Gasteiger partial charge < -0.3 is 0 Å². The summed E-state index contributed by atoms with van der Waals surface area (Å²) in [5.74, 6) is -0.440. The maximum atomic E-state index is 13.1. The fourth-order valence-electron chi connectivity index (χ4n) is 3.65. The van der Waals surface area contributed by atoms with Gasteiger partial charge >= 0.3 is 0 Å². The fourth-order valence-corrected chi connectivity index (χ4v) is 6.10. The van der Waals surface area contributed by atoms with Crippen LogP contribution in [0, 0.1) is 11.2 Å². The molecule has 1 aliphatic carbocycles. The van der Waals surface area contributed by atoms with Gasteiger partial charge in [0.15, 0.2) is 0 Å². The van der Waals surface area contributed by atoms with Crippen LogP contribution in [0.4, 0.5) is 4.39 Å². The predicted octanol–water partition coefficient (Wildman–Crippen LogP) is 3.93. The topological polar surface area (TPSA) is 37.4 Å². The van der Waals surface area contributed by atoms with Crippen LogP contribution >= 0.6 is 15.9 Å². The summed E-state index contributed by atoms with van der Waals surface area (Å²) in [6.07, 6.45) is 6.92. The highest BCUT2D eigenvalue weighted by molar-refractivity contribution is 9.10. The lowest BCUT2D eigenvalue weighted by atomic mass is 9.78. The number of nitrogens with zero attached hydrogens (tertiary/aromatic N) is 1. The zero-order valence-corrected chi connectivity index (χ0v) is 14.2. The molecule has 2 aliphatic rings. The highest BCUT2D eigenvalue weighted by Crippen LogP contribution is 2.46. The van der Waals surface area contributed by atoms with Gasteiger partial charge in [0.2, 0.25) is 10.0 Å². The molecule has 1 aromatic carbocycles. The summed E-state index contributed by atoms with van der Waals surface area (Å²) in [4.78, 5) is 0.159. The van der Waals surface area contributed by atoms with E-state index in [4.69, 9.17) is 0 Å². The van der Waals surface area contributed by atoms with Crippen molar-refractivity contribution >= 4 is 26.0 Å². The maximum absolute atomic E-state index is 13.1. The van der Waals surface area contributed by atoms with Crippen LogP contribution < -0.4 is 0 Å². The Morgan fingerprint density at radius 3 is 2.29 bits per heavy atom. The quantitative estimate of drug-likeness (QED) is 0.784. The molecular weight excluding hydrogens is 357 g/mol. The minimum Gasteiger partial charge on any atom is -0.207 e. The van der Waals surface area contributed by atoms with Crippen LogP contribution in [-0.4, -0.2) is 25.8 Å². The summed E-state index contributed by atoms with van der Waals surface area (Å²) in [5.41, 5.74) is 0.381. The molecule has 21 heavy (non-hydrogen) atoms. The molecule has 0 N–H and O–H groups in total. The monoisotopic (exact) mass is 375 g/mol. The van der Waals surface area contributed by atoms with E-state index in [1.807, 2.05) is 0 Å². The Kier molecular flexibility index (Phi) is 4.14. The molecule has 0 unspecified atom stereocenters. The zero-order valence-electron chi connectivity index (χ0n) is 11.8. The van der Waals surface area contributed by atoms with Crippen LogP contribution in [0.2, 0.25) is 0 Å². The zero-order chi connectivity index (χ0) is 15.1. The van der Waals surface area contributed by atoms with E-state index in [0.717, 1.165) is 12.8 Å². The molecule has 3 rings (SSSR count). The van der Waals surface area contributed by atoms with Gasteiger partial charge in [-0.1, -0.05) is 12.8 Å². The van der Waals surface area contributed by atoms with Crippen molar-refractivity contribution in [2.45, 2.75) is 43.4 Å². The summed E-state index contributed by atoms with van der Waals surface area (Å²) in [6.45, 7) is 1.15. The maximum Gasteiger partial charge on any atom is 0.244 e. The number of piperidine rings is 1. The SMILES string of the molecule is O=S(=O)(c1ccc(F)cc1Br)N1CCC2(CCCC2)CC1. The average Bonchev–Trinajstić information content (AvgIpc) is 2.87. The van der Waals surface area contributed by atoms with Crippen molar-refractivity contribution in [3.63, 3.8) is 0 Å². The van der Waals surface area contributed by atoms with Crippen molar-refractivity contribution in [2.24, 2.45) is 5.41 Å². The minimum atomic E-state index is -3.54. The molecule has 0 bridgehead atoms. The van der Waals surface area contributed by atoms with Crippen molar-refractivity contribution in [1.29, 1.82) is 0 Å². The van der Waals surface area contributed by atoms with Crippen LogP contribution in [0.25, 0.3) is 0 Å². The molecule has 0 amide bonds.